The van der Waals surface area contributed by atoms with Crippen LogP contribution in [0.25, 0.3) is 0 Å². The van der Waals surface area contributed by atoms with Crippen LogP contribution in [0.1, 0.15) is 11.0 Å². The molecule has 7 heteroatoms. The maximum atomic E-state index is 13.0. The summed E-state index contributed by atoms with van der Waals surface area (Å²) in [4.78, 5) is 0. The average molecular weight is 394 g/mol. The Bertz CT molecular complexity index is 606. The second-order valence-corrected chi connectivity index (χ2v) is 5.14. The van der Waals surface area contributed by atoms with E-state index in [2.05, 4.69) is 31.9 Å². The van der Waals surface area contributed by atoms with Gasteiger partial charge in [0.1, 0.15) is 5.75 Å². The summed E-state index contributed by atoms with van der Waals surface area (Å²) in [6.07, 6.45) is 0. The first-order chi connectivity index (χ1) is 11.0. The van der Waals surface area contributed by atoms with Crippen LogP contribution in [0.2, 0.25) is 0 Å². The number of hydrogen-bond acceptors (Lipinski definition) is 2. The summed E-state index contributed by atoms with van der Waals surface area (Å²) in [6.45, 7) is -5.92. The molecule has 0 spiro atoms. The molecule has 17 heavy (non-hydrogen) atoms. The van der Waals surface area contributed by atoms with E-state index in [9.17, 15) is 4.57 Å². The molecule has 0 saturated heterocycles. The fourth-order valence-electron chi connectivity index (χ4n) is 0.893. The van der Waals surface area contributed by atoms with Crippen molar-refractivity contribution < 1.29 is 20.1 Å². The van der Waals surface area contributed by atoms with Crippen molar-refractivity contribution in [3.8, 4) is 5.75 Å². The highest BCUT2D eigenvalue weighted by atomic mass is 79.9. The van der Waals surface area contributed by atoms with E-state index in [4.69, 9.17) is 15.5 Å². The highest BCUT2D eigenvalue weighted by Gasteiger charge is 2.22. The van der Waals surface area contributed by atoms with E-state index in [1.165, 1.54) is 24.3 Å². The first-order valence-corrected chi connectivity index (χ1v) is 7.52. The molecule has 2 N–H and O–H groups in total. The average Bonchev–Trinajstić information content (AvgIpc) is 2.34. The van der Waals surface area contributed by atoms with Gasteiger partial charge in [-0.1, -0.05) is 50.1 Å². The minimum atomic E-state index is -4.67. The highest BCUT2D eigenvalue weighted by Crippen LogP contribution is 2.38. The molecule has 0 saturated carbocycles. The zero-order valence-electron chi connectivity index (χ0n) is 16.4. The van der Waals surface area contributed by atoms with Gasteiger partial charge in [-0.2, -0.15) is 0 Å². The van der Waals surface area contributed by atoms with Crippen LogP contribution in [-0.2, 0) is 4.57 Å². The van der Waals surface area contributed by atoms with E-state index in [1.807, 2.05) is 0 Å². The summed E-state index contributed by atoms with van der Waals surface area (Å²) in [5.41, 5.74) is 0. The van der Waals surface area contributed by atoms with E-state index in [1.54, 1.807) is 16.2 Å². The number of nitrogens with one attached hydrogen (secondary N) is 2. The van der Waals surface area contributed by atoms with Crippen LogP contribution < -0.4 is 14.7 Å². The van der Waals surface area contributed by atoms with Gasteiger partial charge in [0.05, 0.1) is 0 Å². The molecule has 1 aromatic rings. The Morgan fingerprint density at radius 1 is 1.18 bits per heavy atom. The number of benzene rings is 1. The topological polar surface area (TPSA) is 50.4 Å². The van der Waals surface area contributed by atoms with Crippen molar-refractivity contribution in [1.82, 2.24) is 10.2 Å². The molecule has 0 fully saturated rings. The maximum Gasteiger partial charge on any atom is 0.390 e. The molecule has 0 atom stereocenters. The second-order valence-electron chi connectivity index (χ2n) is 2.62. The largest absolute Gasteiger partial charge is 0.422 e. The van der Waals surface area contributed by atoms with Crippen molar-refractivity contribution in [1.29, 1.82) is 0 Å². The lowest BCUT2D eigenvalue weighted by atomic mass is 10.3. The second kappa shape index (κ2) is 8.27. The van der Waals surface area contributed by atoms with Crippen LogP contribution >= 0.6 is 39.5 Å². The molecule has 0 bridgehead atoms. The molecule has 0 radical (unpaired) electrons. The number of para-hydroxylation sites is 1. The van der Waals surface area contributed by atoms with E-state index in [0.717, 1.165) is 0 Å². The van der Waals surface area contributed by atoms with Gasteiger partial charge < -0.3 is 4.52 Å². The number of alkyl halides is 2. The first kappa shape index (κ1) is 7.06. The zero-order valence-corrected chi connectivity index (χ0v) is 12.5. The normalized spacial score (nSPS) is 21.8. The molecule has 0 amide bonds. The van der Waals surface area contributed by atoms with Gasteiger partial charge >= 0.3 is 7.67 Å². The van der Waals surface area contributed by atoms with Crippen LogP contribution in [0.3, 0.4) is 0 Å². The van der Waals surface area contributed by atoms with E-state index < -0.39 is 31.2 Å². The van der Waals surface area contributed by atoms with Crippen LogP contribution in [0, 0.1) is 0 Å². The van der Waals surface area contributed by atoms with Gasteiger partial charge in [-0.15, -0.1) is 0 Å². The molecule has 1 rings (SSSR count). The summed E-state index contributed by atoms with van der Waals surface area (Å²) in [6, 6.07) is 7.41. The molecule has 96 valence electrons. The smallest absolute Gasteiger partial charge is 0.390 e. The molecule has 0 aliphatic rings. The molecular weight excluding hydrogens is 371 g/mol. The Balaban J connectivity index is 3.25. The van der Waals surface area contributed by atoms with Crippen molar-refractivity contribution in [2.45, 2.75) is 0 Å². The Morgan fingerprint density at radius 2 is 1.71 bits per heavy atom. The van der Waals surface area contributed by atoms with Crippen molar-refractivity contribution >= 4 is 39.5 Å². The third-order valence-electron chi connectivity index (χ3n) is 1.48. The molecule has 0 aliphatic heterocycles. The Morgan fingerprint density at radius 3 is 2.18 bits per heavy atom. The van der Waals surface area contributed by atoms with Gasteiger partial charge in [0.15, 0.2) is 0 Å². The molecule has 0 unspecified atom stereocenters. The van der Waals surface area contributed by atoms with Gasteiger partial charge in [-0.05, 0) is 12.1 Å². The first-order valence-electron chi connectivity index (χ1n) is 8.31. The van der Waals surface area contributed by atoms with Crippen LogP contribution in [0.15, 0.2) is 30.3 Å². The van der Waals surface area contributed by atoms with Crippen molar-refractivity contribution in [3.05, 3.63) is 30.3 Å². The van der Waals surface area contributed by atoms with Crippen LogP contribution in [0.4, 0.5) is 0 Å². The molecular formula is C10H15Br2N2O2P. The third-order valence-corrected chi connectivity index (χ3v) is 3.15. The molecule has 4 nitrogen and oxygen atoms in total. The summed E-state index contributed by atoms with van der Waals surface area (Å²) in [5, 5.41) is -1.78. The van der Waals surface area contributed by atoms with Crippen molar-refractivity contribution in [2.75, 3.05) is 23.6 Å². The quantitative estimate of drug-likeness (QED) is 0.526. The van der Waals surface area contributed by atoms with Crippen LogP contribution in [0.5, 0.6) is 5.75 Å². The fraction of sp³-hybridized carbons (Fsp3) is 0.400. The van der Waals surface area contributed by atoms with E-state index in [-0.39, 0.29) is 5.75 Å². The lowest BCUT2D eigenvalue weighted by Crippen LogP contribution is -2.28. The van der Waals surface area contributed by atoms with E-state index >= 15 is 0 Å². The summed E-state index contributed by atoms with van der Waals surface area (Å²) in [5.74, 6) is -0.0253. The van der Waals surface area contributed by atoms with Gasteiger partial charge in [0.25, 0.3) is 0 Å². The van der Waals surface area contributed by atoms with Gasteiger partial charge in [-0.3, -0.25) is 0 Å². The fourth-order valence-corrected chi connectivity index (χ4v) is 2.37. The number of halogens is 2. The molecule has 0 aromatic heterocycles. The third kappa shape index (κ3) is 6.02. The molecule has 0 heterocycles. The van der Waals surface area contributed by atoms with E-state index in [0.29, 0.717) is 0 Å². The SMILES string of the molecule is [2H]C([2H])(Br)C([2H])([2H])NP(=O)(NC([2H])([2H])C([2H])([2H])Br)Oc1ccccc1. The lowest BCUT2D eigenvalue weighted by molar-refractivity contribution is 0.455. The predicted molar refractivity (Wildman–Crippen MR) is 78.3 cm³/mol. The van der Waals surface area contributed by atoms with Crippen molar-refractivity contribution in [2.24, 2.45) is 0 Å². The Kier molecular flexibility index (Phi) is 3.43. The summed E-state index contributed by atoms with van der Waals surface area (Å²) < 4.78 is 78.5. The molecule has 0 aliphatic carbocycles. The minimum Gasteiger partial charge on any atom is -0.422 e. The zero-order chi connectivity index (χ0) is 19.7. The van der Waals surface area contributed by atoms with Crippen molar-refractivity contribution in [3.63, 3.8) is 0 Å². The number of rotatable bonds is 8. The summed E-state index contributed by atoms with van der Waals surface area (Å²) in [7, 11) is -4.67. The molecule has 1 aromatic carbocycles. The van der Waals surface area contributed by atoms with Gasteiger partial charge in [0.2, 0.25) is 0 Å². The van der Waals surface area contributed by atoms with Crippen LogP contribution in [-0.4, -0.2) is 23.6 Å². The van der Waals surface area contributed by atoms with Gasteiger partial charge in [0, 0.05) is 34.5 Å². The summed E-state index contributed by atoms with van der Waals surface area (Å²) >= 11 is 4.94. The lowest BCUT2D eigenvalue weighted by Gasteiger charge is -2.20. The highest BCUT2D eigenvalue weighted by molar-refractivity contribution is 9.09. The minimum absolute atomic E-state index is 0.0253. The Hall–Kier alpha value is 0.130. The van der Waals surface area contributed by atoms with Gasteiger partial charge in [-0.25, -0.2) is 14.7 Å². The predicted octanol–water partition coefficient (Wildman–Crippen LogP) is 3.14. The maximum absolute atomic E-state index is 13.0. The standard InChI is InChI=1S/C10H15Br2N2O2P/c11-6-8-13-17(15,14-9-7-12)16-10-4-2-1-3-5-10/h1-5H,6-9H2,(H2,13,14,15)/i6D2,7D2,8D2,9D2. The monoisotopic (exact) mass is 392 g/mol. The Labute approximate surface area is 130 Å². The number of hydrogen-bond donors (Lipinski definition) is 2.